The molecule has 0 aliphatic carbocycles. The third kappa shape index (κ3) is 12.1. The highest BCUT2D eigenvalue weighted by Gasteiger charge is 2.30. The third-order valence-corrected chi connectivity index (χ3v) is 4.74. The van der Waals surface area contributed by atoms with Gasteiger partial charge in [-0.2, -0.15) is 0 Å². The average Bonchev–Trinajstić information content (AvgIpc) is 2.61. The monoisotopic (exact) mass is 457 g/mol. The highest BCUT2D eigenvalue weighted by Crippen LogP contribution is 2.38. The zero-order valence-electron chi connectivity index (χ0n) is 15.6. The van der Waals surface area contributed by atoms with Gasteiger partial charge >= 0.3 is 31.6 Å². The number of carboxylic acids is 4. The van der Waals surface area contributed by atoms with Crippen LogP contribution in [0.5, 0.6) is 0 Å². The lowest BCUT2D eigenvalue weighted by molar-refractivity contribution is -0.142. The Kier molecular flexibility index (Phi) is 11.8. The smallest absolute Gasteiger partial charge is 0.403 e. The highest BCUT2D eigenvalue weighted by molar-refractivity contribution is 7.50. The number of hydrogen-bond acceptors (Lipinski definition) is 8. The second-order valence-corrected chi connectivity index (χ2v) is 7.59. The van der Waals surface area contributed by atoms with Gasteiger partial charge in [0.05, 0.1) is 6.61 Å². The maximum Gasteiger partial charge on any atom is 0.403 e. The number of carboxylic acid groups (broad SMARTS) is 4. The van der Waals surface area contributed by atoms with Gasteiger partial charge in [-0.05, 0) is 12.8 Å². The molecule has 172 valence electrons. The molecule has 15 nitrogen and oxygen atoms in total. The van der Waals surface area contributed by atoms with E-state index in [4.69, 9.17) is 26.2 Å². The normalized spacial score (nSPS) is 15.9. The van der Waals surface area contributed by atoms with Gasteiger partial charge in [0.2, 0.25) is 5.91 Å². The van der Waals surface area contributed by atoms with Crippen LogP contribution in [0.3, 0.4) is 0 Å². The minimum Gasteiger partial charge on any atom is -0.481 e. The molecule has 0 heterocycles. The van der Waals surface area contributed by atoms with E-state index in [1.54, 1.807) is 5.09 Å². The molecule has 0 saturated carbocycles. The SMILES string of the molecule is N[C@@H](CCC(=O)N[C@@H](CCOP(=O)(O)N[C@@H](CCC(=O)O)C(=O)O)C(=O)O)C(=O)O. The number of nitrogens with two attached hydrogens (primary N) is 1. The summed E-state index contributed by atoms with van der Waals surface area (Å²) in [4.78, 5) is 64.6. The lowest BCUT2D eigenvalue weighted by Gasteiger charge is -2.20. The van der Waals surface area contributed by atoms with E-state index in [-0.39, 0.29) is 12.8 Å². The van der Waals surface area contributed by atoms with Crippen LogP contribution >= 0.6 is 7.75 Å². The van der Waals surface area contributed by atoms with Crippen LogP contribution in [-0.4, -0.2) is 79.8 Å². The van der Waals surface area contributed by atoms with Gasteiger partial charge in [-0.25, -0.2) is 14.4 Å². The Morgan fingerprint density at radius 2 is 1.43 bits per heavy atom. The first-order chi connectivity index (χ1) is 13.7. The van der Waals surface area contributed by atoms with Gasteiger partial charge in [0.15, 0.2) is 0 Å². The molecule has 0 aliphatic rings. The molecule has 1 amide bonds. The van der Waals surface area contributed by atoms with Crippen LogP contribution in [0, 0.1) is 0 Å². The molecule has 30 heavy (non-hydrogen) atoms. The molecule has 0 aromatic rings. The van der Waals surface area contributed by atoms with E-state index in [0.29, 0.717) is 0 Å². The molecule has 16 heteroatoms. The molecule has 0 bridgehead atoms. The predicted octanol–water partition coefficient (Wildman–Crippen LogP) is -1.84. The van der Waals surface area contributed by atoms with E-state index >= 15 is 0 Å². The minimum atomic E-state index is -4.73. The summed E-state index contributed by atoms with van der Waals surface area (Å²) in [7, 11) is -4.73. The third-order valence-electron chi connectivity index (χ3n) is 3.57. The van der Waals surface area contributed by atoms with E-state index in [1.807, 2.05) is 0 Å². The highest BCUT2D eigenvalue weighted by atomic mass is 31.2. The Bertz CT molecular complexity index is 700. The van der Waals surface area contributed by atoms with Crippen molar-refractivity contribution in [1.82, 2.24) is 10.4 Å². The summed E-state index contributed by atoms with van der Waals surface area (Å²) in [6.45, 7) is -0.683. The second-order valence-electron chi connectivity index (χ2n) is 6.04. The Labute approximate surface area is 169 Å². The van der Waals surface area contributed by atoms with Crippen molar-refractivity contribution in [2.45, 2.75) is 50.2 Å². The summed E-state index contributed by atoms with van der Waals surface area (Å²) >= 11 is 0. The molecule has 1 unspecified atom stereocenters. The molecule has 0 spiro atoms. The molecule has 0 radical (unpaired) electrons. The second kappa shape index (κ2) is 12.9. The van der Waals surface area contributed by atoms with E-state index in [2.05, 4.69) is 9.84 Å². The maximum absolute atomic E-state index is 11.9. The fourth-order valence-electron chi connectivity index (χ4n) is 1.97. The van der Waals surface area contributed by atoms with Crippen molar-refractivity contribution >= 4 is 37.5 Å². The van der Waals surface area contributed by atoms with Gasteiger partial charge in [-0.15, -0.1) is 0 Å². The number of rotatable bonds is 16. The van der Waals surface area contributed by atoms with Crippen LogP contribution in [0.2, 0.25) is 0 Å². The molecule has 0 rings (SSSR count). The Morgan fingerprint density at radius 3 is 1.90 bits per heavy atom. The van der Waals surface area contributed by atoms with Crippen molar-refractivity contribution in [3.63, 3.8) is 0 Å². The summed E-state index contributed by atoms with van der Waals surface area (Å²) < 4.78 is 16.5. The zero-order chi connectivity index (χ0) is 23.5. The van der Waals surface area contributed by atoms with E-state index < -0.39 is 81.5 Å². The van der Waals surface area contributed by atoms with E-state index in [9.17, 15) is 33.4 Å². The summed E-state index contributed by atoms with van der Waals surface area (Å²) in [5.41, 5.74) is 5.23. The number of carbonyl (C=O) groups excluding carboxylic acids is 1. The van der Waals surface area contributed by atoms with Crippen molar-refractivity contribution in [3.05, 3.63) is 0 Å². The van der Waals surface area contributed by atoms with Crippen molar-refractivity contribution in [2.24, 2.45) is 5.73 Å². The lowest BCUT2D eigenvalue weighted by atomic mass is 10.1. The fraction of sp³-hybridized carbons (Fsp3) is 0.643. The Balaban J connectivity index is 4.65. The lowest BCUT2D eigenvalue weighted by Crippen LogP contribution is -2.42. The topological polar surface area (TPSA) is 263 Å². The molecular weight excluding hydrogens is 433 g/mol. The zero-order valence-corrected chi connectivity index (χ0v) is 16.5. The van der Waals surface area contributed by atoms with Crippen molar-refractivity contribution in [3.8, 4) is 0 Å². The largest absolute Gasteiger partial charge is 0.481 e. The molecule has 0 aliphatic heterocycles. The summed E-state index contributed by atoms with van der Waals surface area (Å²) in [6.07, 6.45) is -2.20. The standard InChI is InChI=1S/C14H24N3O12P/c15-7(12(21)22)1-3-10(18)16-8(13(23)24)5-6-29-30(27,28)17-9(14(25)26)2-4-11(19)20/h7-9H,1-6,15H2,(H,16,18)(H,19,20)(H,21,22)(H,23,24)(H,25,26)(H2,17,27,28)/t7-,8-,9-/m0/s1. The van der Waals surface area contributed by atoms with Crippen LogP contribution in [-0.2, 0) is 33.1 Å². The van der Waals surface area contributed by atoms with Gasteiger partial charge in [-0.1, -0.05) is 0 Å². The average molecular weight is 457 g/mol. The van der Waals surface area contributed by atoms with Crippen LogP contribution in [0.25, 0.3) is 0 Å². The molecule has 4 atom stereocenters. The number of hydrogen-bond donors (Lipinski definition) is 8. The van der Waals surface area contributed by atoms with Crippen LogP contribution in [0.1, 0.15) is 32.1 Å². The molecule has 0 aromatic heterocycles. The number of amides is 1. The quantitative estimate of drug-likeness (QED) is 0.118. The van der Waals surface area contributed by atoms with Crippen LogP contribution in [0.4, 0.5) is 0 Å². The summed E-state index contributed by atoms with van der Waals surface area (Å²) in [6, 6.07) is -4.55. The first kappa shape index (κ1) is 27.4. The first-order valence-corrected chi connectivity index (χ1v) is 10.0. The molecular formula is C14H24N3O12P. The van der Waals surface area contributed by atoms with Crippen molar-refractivity contribution < 1.29 is 58.4 Å². The fourth-order valence-corrected chi connectivity index (χ4v) is 3.03. The number of carbonyl (C=O) groups is 5. The number of nitrogens with one attached hydrogen (secondary N) is 2. The Morgan fingerprint density at radius 1 is 0.867 bits per heavy atom. The predicted molar refractivity (Wildman–Crippen MR) is 96.2 cm³/mol. The van der Waals surface area contributed by atoms with Crippen molar-refractivity contribution in [2.75, 3.05) is 6.61 Å². The van der Waals surface area contributed by atoms with Gasteiger partial charge < -0.3 is 36.4 Å². The Hall–Kier alpha value is -2.58. The van der Waals surface area contributed by atoms with Crippen LogP contribution < -0.4 is 16.1 Å². The molecule has 9 N–H and O–H groups in total. The van der Waals surface area contributed by atoms with Crippen LogP contribution in [0.15, 0.2) is 0 Å². The minimum absolute atomic E-state index is 0.243. The molecule has 0 fully saturated rings. The van der Waals surface area contributed by atoms with Gasteiger partial charge in [-0.3, -0.25) is 23.7 Å². The summed E-state index contributed by atoms with van der Waals surface area (Å²) in [5.74, 6) is -6.56. The van der Waals surface area contributed by atoms with E-state index in [1.165, 1.54) is 0 Å². The van der Waals surface area contributed by atoms with Gasteiger partial charge in [0.1, 0.15) is 18.1 Å². The van der Waals surface area contributed by atoms with Gasteiger partial charge in [0.25, 0.3) is 0 Å². The number of aliphatic carboxylic acids is 4. The first-order valence-electron chi connectivity index (χ1n) is 8.45. The molecule has 0 saturated heterocycles. The van der Waals surface area contributed by atoms with Crippen molar-refractivity contribution in [1.29, 1.82) is 0 Å². The van der Waals surface area contributed by atoms with E-state index in [0.717, 1.165) is 0 Å². The summed E-state index contributed by atoms with van der Waals surface area (Å²) in [5, 5.41) is 39.0. The molecule has 0 aromatic carbocycles. The maximum atomic E-state index is 11.9. The van der Waals surface area contributed by atoms with Gasteiger partial charge in [0, 0.05) is 19.3 Å².